The van der Waals surface area contributed by atoms with Crippen LogP contribution in [-0.2, 0) is 0 Å². The van der Waals surface area contributed by atoms with Crippen molar-refractivity contribution in [2.45, 2.75) is 27.2 Å². The first kappa shape index (κ1) is 8.96. The second kappa shape index (κ2) is 4.80. The number of hydrogen-bond acceptors (Lipinski definition) is 1. The molecule has 0 saturated heterocycles. The van der Waals surface area contributed by atoms with Gasteiger partial charge in [0.2, 0.25) is 0 Å². The zero-order chi connectivity index (χ0) is 7.28. The molecule has 0 aromatic heterocycles. The van der Waals surface area contributed by atoms with Gasteiger partial charge in [-0.1, -0.05) is 27.2 Å². The molecule has 1 nitrogen and oxygen atoms in total. The highest BCUT2D eigenvalue weighted by Gasteiger charge is 2.07. The summed E-state index contributed by atoms with van der Waals surface area (Å²) < 4.78 is 0. The third kappa shape index (κ3) is 3.52. The number of rotatable bonds is 4. The zero-order valence-electron chi connectivity index (χ0n) is 7.07. The molecule has 0 amide bonds. The average molecular weight is 129 g/mol. The lowest BCUT2D eigenvalue weighted by Gasteiger charge is -2.16. The van der Waals surface area contributed by atoms with Gasteiger partial charge >= 0.3 is 0 Å². The van der Waals surface area contributed by atoms with Gasteiger partial charge in [0.15, 0.2) is 0 Å². The molecule has 2 atom stereocenters. The van der Waals surface area contributed by atoms with Crippen molar-refractivity contribution in [3.05, 3.63) is 0 Å². The maximum Gasteiger partial charge on any atom is -0.00236 e. The van der Waals surface area contributed by atoms with E-state index in [-0.39, 0.29) is 0 Å². The highest BCUT2D eigenvalue weighted by atomic mass is 14.8. The van der Waals surface area contributed by atoms with E-state index in [9.17, 15) is 0 Å². The molecule has 0 aliphatic heterocycles. The van der Waals surface area contributed by atoms with Crippen LogP contribution in [0.15, 0.2) is 0 Å². The maximum absolute atomic E-state index is 3.18. The van der Waals surface area contributed by atoms with E-state index in [0.29, 0.717) is 0 Å². The lowest BCUT2D eigenvalue weighted by molar-refractivity contribution is 0.367. The molecule has 0 aliphatic carbocycles. The van der Waals surface area contributed by atoms with Crippen LogP contribution in [0.2, 0.25) is 0 Å². The molecule has 1 unspecified atom stereocenters. The predicted molar refractivity (Wildman–Crippen MR) is 42.5 cm³/mol. The van der Waals surface area contributed by atoms with Crippen molar-refractivity contribution in [3.63, 3.8) is 0 Å². The second-order valence-electron chi connectivity index (χ2n) is 2.92. The Balaban J connectivity index is 3.32. The fourth-order valence-corrected chi connectivity index (χ4v) is 0.926. The topological polar surface area (TPSA) is 12.0 Å². The van der Waals surface area contributed by atoms with Crippen molar-refractivity contribution in [2.75, 3.05) is 13.6 Å². The number of hydrogen-bond donors (Lipinski definition) is 1. The quantitative estimate of drug-likeness (QED) is 0.611. The first-order valence-electron chi connectivity index (χ1n) is 3.87. The molecule has 0 aliphatic rings. The fourth-order valence-electron chi connectivity index (χ4n) is 0.926. The van der Waals surface area contributed by atoms with Crippen molar-refractivity contribution < 1.29 is 0 Å². The fraction of sp³-hybridized carbons (Fsp3) is 1.00. The van der Waals surface area contributed by atoms with Gasteiger partial charge in [-0.2, -0.15) is 0 Å². The van der Waals surface area contributed by atoms with Gasteiger partial charge < -0.3 is 5.32 Å². The second-order valence-corrected chi connectivity index (χ2v) is 2.92. The molecule has 0 aromatic carbocycles. The van der Waals surface area contributed by atoms with Gasteiger partial charge in [0.05, 0.1) is 0 Å². The largest absolute Gasteiger partial charge is 0.319 e. The molecule has 9 heavy (non-hydrogen) atoms. The van der Waals surface area contributed by atoms with E-state index in [1.54, 1.807) is 0 Å². The molecule has 1 heteroatoms. The molecular formula is C8H19N. The SMILES string of the molecule is CCC(C)[C@H](C)CNC. The average Bonchev–Trinajstić information content (AvgIpc) is 1.87. The molecule has 1 N–H and O–H groups in total. The molecule has 0 rings (SSSR count). The minimum atomic E-state index is 0.819. The highest BCUT2D eigenvalue weighted by molar-refractivity contribution is 4.60. The Morgan fingerprint density at radius 1 is 1.22 bits per heavy atom. The summed E-state index contributed by atoms with van der Waals surface area (Å²) in [7, 11) is 2.01. The monoisotopic (exact) mass is 129 g/mol. The van der Waals surface area contributed by atoms with Crippen LogP contribution in [0.5, 0.6) is 0 Å². The van der Waals surface area contributed by atoms with E-state index < -0.39 is 0 Å². The molecular weight excluding hydrogens is 110 g/mol. The molecule has 0 heterocycles. The van der Waals surface area contributed by atoms with Gasteiger partial charge in [-0.3, -0.25) is 0 Å². The van der Waals surface area contributed by atoms with Crippen molar-refractivity contribution in [1.82, 2.24) is 5.32 Å². The van der Waals surface area contributed by atoms with Gasteiger partial charge in [0, 0.05) is 0 Å². The molecule has 0 bridgehead atoms. The Bertz CT molecular complexity index is 61.6. The van der Waals surface area contributed by atoms with E-state index >= 15 is 0 Å². The van der Waals surface area contributed by atoms with Gasteiger partial charge in [-0.25, -0.2) is 0 Å². The third-order valence-corrected chi connectivity index (χ3v) is 2.14. The molecule has 56 valence electrons. The van der Waals surface area contributed by atoms with Gasteiger partial charge in [-0.05, 0) is 25.4 Å². The minimum Gasteiger partial charge on any atom is -0.319 e. The lowest BCUT2D eigenvalue weighted by atomic mass is 9.94. The summed E-state index contributed by atoms with van der Waals surface area (Å²) >= 11 is 0. The van der Waals surface area contributed by atoms with Crippen molar-refractivity contribution >= 4 is 0 Å². The third-order valence-electron chi connectivity index (χ3n) is 2.14. The first-order valence-corrected chi connectivity index (χ1v) is 3.87. The normalized spacial score (nSPS) is 17.3. The maximum atomic E-state index is 3.18. The molecule has 0 fully saturated rings. The van der Waals surface area contributed by atoms with Gasteiger partial charge in [0.25, 0.3) is 0 Å². The summed E-state index contributed by atoms with van der Waals surface area (Å²) in [5.41, 5.74) is 0. The number of nitrogens with one attached hydrogen (secondary N) is 1. The highest BCUT2D eigenvalue weighted by Crippen LogP contribution is 2.12. The summed E-state index contributed by atoms with van der Waals surface area (Å²) in [5.74, 6) is 1.68. The lowest BCUT2D eigenvalue weighted by Crippen LogP contribution is -2.21. The van der Waals surface area contributed by atoms with Crippen LogP contribution in [0, 0.1) is 11.8 Å². The molecule has 0 spiro atoms. The Morgan fingerprint density at radius 2 is 1.78 bits per heavy atom. The Labute approximate surface area is 58.8 Å². The molecule has 0 saturated carbocycles. The Kier molecular flexibility index (Phi) is 4.78. The van der Waals surface area contributed by atoms with Crippen LogP contribution >= 0.6 is 0 Å². The summed E-state index contributed by atoms with van der Waals surface area (Å²) in [6.07, 6.45) is 1.29. The van der Waals surface area contributed by atoms with E-state index in [1.807, 2.05) is 7.05 Å². The Hall–Kier alpha value is -0.0400. The Morgan fingerprint density at radius 3 is 2.11 bits per heavy atom. The summed E-state index contributed by atoms with van der Waals surface area (Å²) in [6.45, 7) is 8.00. The van der Waals surface area contributed by atoms with Crippen LogP contribution in [0.25, 0.3) is 0 Å². The summed E-state index contributed by atoms with van der Waals surface area (Å²) in [4.78, 5) is 0. The van der Waals surface area contributed by atoms with Crippen LogP contribution < -0.4 is 5.32 Å². The smallest absolute Gasteiger partial charge is 0.00236 e. The van der Waals surface area contributed by atoms with E-state index in [4.69, 9.17) is 0 Å². The van der Waals surface area contributed by atoms with Crippen LogP contribution in [0.3, 0.4) is 0 Å². The van der Waals surface area contributed by atoms with Gasteiger partial charge in [-0.15, -0.1) is 0 Å². The minimum absolute atomic E-state index is 0.819. The van der Waals surface area contributed by atoms with Crippen LogP contribution in [0.1, 0.15) is 27.2 Å². The molecule has 0 radical (unpaired) electrons. The van der Waals surface area contributed by atoms with Gasteiger partial charge in [0.1, 0.15) is 0 Å². The zero-order valence-corrected chi connectivity index (χ0v) is 7.07. The van der Waals surface area contributed by atoms with E-state index in [2.05, 4.69) is 26.1 Å². The van der Waals surface area contributed by atoms with Crippen LogP contribution in [-0.4, -0.2) is 13.6 Å². The summed E-state index contributed by atoms with van der Waals surface area (Å²) in [5, 5.41) is 3.18. The standard InChI is InChI=1S/C8H19N/c1-5-7(2)8(3)6-9-4/h7-9H,5-6H2,1-4H3/t7?,8-/m1/s1. The predicted octanol–water partition coefficient (Wildman–Crippen LogP) is 1.89. The van der Waals surface area contributed by atoms with E-state index in [0.717, 1.165) is 18.4 Å². The van der Waals surface area contributed by atoms with Crippen molar-refractivity contribution in [2.24, 2.45) is 11.8 Å². The van der Waals surface area contributed by atoms with Crippen LogP contribution in [0.4, 0.5) is 0 Å². The van der Waals surface area contributed by atoms with Crippen molar-refractivity contribution in [1.29, 1.82) is 0 Å². The first-order chi connectivity index (χ1) is 4.22. The molecule has 0 aromatic rings. The summed E-state index contributed by atoms with van der Waals surface area (Å²) in [6, 6.07) is 0. The van der Waals surface area contributed by atoms with E-state index in [1.165, 1.54) is 6.42 Å². The van der Waals surface area contributed by atoms with Crippen molar-refractivity contribution in [3.8, 4) is 0 Å².